The largest absolute Gasteiger partial charge is 0.334 e. The summed E-state index contributed by atoms with van der Waals surface area (Å²) in [6.45, 7) is -2.85. The first-order valence-corrected chi connectivity index (χ1v) is 6.13. The molecule has 1 aromatic rings. The van der Waals surface area contributed by atoms with Crippen LogP contribution in [-0.4, -0.2) is 9.79 Å². The Kier molecular flexibility index (Phi) is 3.38. The summed E-state index contributed by atoms with van der Waals surface area (Å²) in [4.78, 5) is 17.7. The van der Waals surface area contributed by atoms with Gasteiger partial charge in [-0.25, -0.2) is 5.09 Å². The molecule has 1 rings (SSSR count). The lowest BCUT2D eigenvalue weighted by molar-refractivity contribution is 0.460. The predicted molar refractivity (Wildman–Crippen MR) is 52.0 cm³/mol. The third-order valence-electron chi connectivity index (χ3n) is 1.33. The van der Waals surface area contributed by atoms with E-state index >= 15 is 0 Å². The number of nitrogens with one attached hydrogen (secondary N) is 1. The van der Waals surface area contributed by atoms with Crippen LogP contribution in [0.1, 0.15) is 5.56 Å². The molecule has 66 valence electrons. The molecule has 0 saturated heterocycles. The Hall–Kier alpha value is -0.250. The smallest absolute Gasteiger partial charge is 0.256 e. The van der Waals surface area contributed by atoms with Gasteiger partial charge in [0.1, 0.15) is 0 Å². The van der Waals surface area contributed by atoms with Crippen molar-refractivity contribution in [2.24, 2.45) is 0 Å². The lowest BCUT2D eigenvalue weighted by Gasteiger charge is -2.08. The summed E-state index contributed by atoms with van der Waals surface area (Å²) in [5, 5.41) is 2.48. The molecule has 1 aromatic carbocycles. The van der Waals surface area contributed by atoms with Gasteiger partial charge in [-0.2, -0.15) is 0 Å². The maximum atomic E-state index is 8.85. The number of rotatable bonds is 3. The fourth-order valence-corrected chi connectivity index (χ4v) is 1.37. The van der Waals surface area contributed by atoms with Crippen LogP contribution < -0.4 is 5.09 Å². The quantitative estimate of drug-likeness (QED) is 0.641. The highest BCUT2D eigenvalue weighted by Gasteiger charge is 2.04. The SMILES string of the molecule is OP(O)(=S)NCc1ccccc1. The highest BCUT2D eigenvalue weighted by atomic mass is 32.5. The standard InChI is InChI=1S/C7H10NO2PS/c9-11(10,12)8-6-7-4-2-1-3-5-7/h1-5H,6H2,(H3,8,9,10,12). The molecule has 12 heavy (non-hydrogen) atoms. The molecule has 0 heterocycles. The van der Waals surface area contributed by atoms with Gasteiger partial charge in [-0.1, -0.05) is 30.3 Å². The van der Waals surface area contributed by atoms with E-state index in [-0.39, 0.29) is 0 Å². The second-order valence-electron chi connectivity index (χ2n) is 2.36. The normalized spacial score (nSPS) is 11.5. The molecule has 0 aliphatic carbocycles. The Morgan fingerprint density at radius 2 is 1.83 bits per heavy atom. The first kappa shape index (κ1) is 9.84. The minimum absolute atomic E-state index is 0.394. The van der Waals surface area contributed by atoms with E-state index in [4.69, 9.17) is 9.79 Å². The number of hydrogen-bond donors (Lipinski definition) is 3. The molecule has 0 bridgehead atoms. The summed E-state index contributed by atoms with van der Waals surface area (Å²) in [5.41, 5.74) is 0.981. The molecule has 0 saturated carbocycles. The average Bonchev–Trinajstić information content (AvgIpc) is 2.02. The van der Waals surface area contributed by atoms with E-state index in [0.717, 1.165) is 5.56 Å². The third kappa shape index (κ3) is 3.95. The molecule has 0 aliphatic rings. The lowest BCUT2D eigenvalue weighted by Crippen LogP contribution is -2.08. The first-order chi connectivity index (χ1) is 5.58. The van der Waals surface area contributed by atoms with Gasteiger partial charge in [-0.15, -0.1) is 0 Å². The molecule has 3 nitrogen and oxygen atoms in total. The van der Waals surface area contributed by atoms with Crippen LogP contribution >= 0.6 is 6.64 Å². The van der Waals surface area contributed by atoms with Crippen LogP contribution in [0.5, 0.6) is 0 Å². The minimum atomic E-state index is -3.25. The fraction of sp³-hybridized carbons (Fsp3) is 0.143. The van der Waals surface area contributed by atoms with E-state index in [9.17, 15) is 0 Å². The van der Waals surface area contributed by atoms with Crippen molar-refractivity contribution in [1.82, 2.24) is 5.09 Å². The van der Waals surface area contributed by atoms with E-state index in [1.165, 1.54) is 0 Å². The van der Waals surface area contributed by atoms with Crippen LogP contribution in [0.3, 0.4) is 0 Å². The molecule has 0 atom stereocenters. The van der Waals surface area contributed by atoms with Gasteiger partial charge in [0, 0.05) is 6.54 Å². The van der Waals surface area contributed by atoms with E-state index in [1.54, 1.807) is 0 Å². The Bertz CT molecular complexity index is 285. The Morgan fingerprint density at radius 1 is 1.25 bits per heavy atom. The van der Waals surface area contributed by atoms with Gasteiger partial charge in [0.05, 0.1) is 0 Å². The van der Waals surface area contributed by atoms with E-state index in [1.807, 2.05) is 30.3 Å². The zero-order chi connectivity index (χ0) is 9.03. The Morgan fingerprint density at radius 3 is 2.33 bits per heavy atom. The van der Waals surface area contributed by atoms with Crippen LogP contribution in [0.15, 0.2) is 30.3 Å². The Balaban J connectivity index is 2.50. The van der Waals surface area contributed by atoms with Crippen LogP contribution in [0.2, 0.25) is 0 Å². The summed E-state index contributed by atoms with van der Waals surface area (Å²) >= 11 is 4.40. The van der Waals surface area contributed by atoms with Crippen molar-refractivity contribution in [3.8, 4) is 0 Å². The molecule has 0 spiro atoms. The van der Waals surface area contributed by atoms with Gasteiger partial charge in [0.2, 0.25) is 0 Å². The molecule has 0 unspecified atom stereocenters. The second-order valence-corrected chi connectivity index (χ2v) is 5.30. The molecule has 0 amide bonds. The van der Waals surface area contributed by atoms with Crippen molar-refractivity contribution in [2.45, 2.75) is 6.54 Å². The van der Waals surface area contributed by atoms with Crippen molar-refractivity contribution in [3.63, 3.8) is 0 Å². The topological polar surface area (TPSA) is 52.5 Å². The van der Waals surface area contributed by atoms with Gasteiger partial charge in [0.15, 0.2) is 0 Å². The van der Waals surface area contributed by atoms with Gasteiger partial charge in [-0.05, 0) is 17.4 Å². The number of benzene rings is 1. The summed E-state index contributed by atoms with van der Waals surface area (Å²) in [5.74, 6) is 0. The Labute approximate surface area is 76.3 Å². The van der Waals surface area contributed by atoms with Crippen LogP contribution in [0.4, 0.5) is 0 Å². The fourth-order valence-electron chi connectivity index (χ4n) is 0.790. The van der Waals surface area contributed by atoms with Gasteiger partial charge >= 0.3 is 0 Å². The van der Waals surface area contributed by atoms with Crippen molar-refractivity contribution >= 4 is 18.4 Å². The molecule has 5 heteroatoms. The molecule has 0 aliphatic heterocycles. The summed E-state index contributed by atoms with van der Waals surface area (Å²) in [6, 6.07) is 9.44. The van der Waals surface area contributed by atoms with E-state index in [0.29, 0.717) is 6.54 Å². The maximum Gasteiger partial charge on any atom is 0.256 e. The molecule has 0 radical (unpaired) electrons. The summed E-state index contributed by atoms with van der Waals surface area (Å²) in [6.07, 6.45) is 0. The highest BCUT2D eigenvalue weighted by Crippen LogP contribution is 2.28. The first-order valence-electron chi connectivity index (χ1n) is 3.42. The zero-order valence-electron chi connectivity index (χ0n) is 6.34. The monoisotopic (exact) mass is 203 g/mol. The molecular weight excluding hydrogens is 193 g/mol. The van der Waals surface area contributed by atoms with Crippen LogP contribution in [0, 0.1) is 0 Å². The van der Waals surface area contributed by atoms with Crippen molar-refractivity contribution in [1.29, 1.82) is 0 Å². The summed E-state index contributed by atoms with van der Waals surface area (Å²) < 4.78 is 0. The lowest BCUT2D eigenvalue weighted by atomic mass is 10.2. The van der Waals surface area contributed by atoms with E-state index < -0.39 is 6.64 Å². The maximum absolute atomic E-state index is 8.85. The van der Waals surface area contributed by atoms with Crippen molar-refractivity contribution in [3.05, 3.63) is 35.9 Å². The molecule has 3 N–H and O–H groups in total. The molecular formula is C7H10NO2PS. The zero-order valence-corrected chi connectivity index (χ0v) is 8.05. The minimum Gasteiger partial charge on any atom is -0.334 e. The van der Waals surface area contributed by atoms with Gasteiger partial charge in [-0.3, -0.25) is 0 Å². The van der Waals surface area contributed by atoms with E-state index in [2.05, 4.69) is 16.9 Å². The summed E-state index contributed by atoms with van der Waals surface area (Å²) in [7, 11) is 0. The van der Waals surface area contributed by atoms with Crippen LogP contribution in [0.25, 0.3) is 0 Å². The highest BCUT2D eigenvalue weighted by molar-refractivity contribution is 8.08. The predicted octanol–water partition coefficient (Wildman–Crippen LogP) is 0.985. The van der Waals surface area contributed by atoms with Gasteiger partial charge in [0.25, 0.3) is 6.64 Å². The van der Waals surface area contributed by atoms with Crippen molar-refractivity contribution in [2.75, 3.05) is 0 Å². The average molecular weight is 203 g/mol. The molecule has 0 fully saturated rings. The van der Waals surface area contributed by atoms with Crippen molar-refractivity contribution < 1.29 is 9.79 Å². The second kappa shape index (κ2) is 4.12. The van der Waals surface area contributed by atoms with Crippen LogP contribution in [-0.2, 0) is 18.4 Å². The number of hydrogen-bond acceptors (Lipinski definition) is 1. The molecule has 0 aromatic heterocycles. The third-order valence-corrected chi connectivity index (χ3v) is 2.29. The van der Waals surface area contributed by atoms with Gasteiger partial charge < -0.3 is 9.79 Å².